The maximum atomic E-state index is 10.0. The smallest absolute Gasteiger partial charge is 0.155 e. The number of rotatable bonds is 10. The first-order valence-corrected chi connectivity index (χ1v) is 43.4. The summed E-state index contributed by atoms with van der Waals surface area (Å²) in [6.45, 7) is 50.2. The first-order chi connectivity index (χ1) is 62.3. The van der Waals surface area contributed by atoms with Gasteiger partial charge in [-0.25, -0.2) is 0 Å². The minimum Gasteiger partial charge on any atom is -0.512 e. The molecule has 10 aromatic carbocycles. The number of aryl methyl sites for hydroxylation is 14. The van der Waals surface area contributed by atoms with E-state index in [0.29, 0.717) is 0 Å². The predicted octanol–water partition coefficient (Wildman–Crippen LogP) is 28.9. The average molecular weight is 2720 g/mol. The SMILES string of the molecule is CC(=O)C=C(C)O.CC(=O)C=C(C)O.CC(=O)C=C(C)O.CC(=O)C=C(C)O.CC(=O)C=C(C)O.Cc1[c-]c(-c2ncc(C)c3ccccc23)c(C)c(C)c1.Cc1[c-]c(-c2ncc(C)c3ccccc23)cc(C)c1.Cc1c[c-]c(-c2ncc(C)c3ccccc23)c(C)c1.Cc1c[c-]c(-c2ncc(C)c3ccccc23)c(C)c1C.Cc1c[c-]c(-c2ncc(C)c3ccccc23)cc1C.[Ir].[Ir].[Ir].[Ir].[Ir]. The van der Waals surface area contributed by atoms with Gasteiger partial charge in [0.25, 0.3) is 0 Å². The summed E-state index contributed by atoms with van der Waals surface area (Å²) < 4.78 is 0. The molecule has 0 unspecified atom stereocenters. The van der Waals surface area contributed by atoms with E-state index in [9.17, 15) is 24.0 Å². The van der Waals surface area contributed by atoms with Crippen LogP contribution in [0, 0.1) is 148 Å². The normalized spacial score (nSPS) is 10.7. The minimum absolute atomic E-state index is 0. The topological polar surface area (TPSA) is 251 Å². The summed E-state index contributed by atoms with van der Waals surface area (Å²) in [4.78, 5) is 73.3. The van der Waals surface area contributed by atoms with Gasteiger partial charge in [0.1, 0.15) is 0 Å². The summed E-state index contributed by atoms with van der Waals surface area (Å²) >= 11 is 0. The Hall–Kier alpha value is -11.5. The summed E-state index contributed by atoms with van der Waals surface area (Å²) in [5, 5.41) is 54.1. The molecule has 0 spiro atoms. The molecule has 5 N–H and O–H groups in total. The summed E-state index contributed by atoms with van der Waals surface area (Å²) in [6, 6.07) is 76.2. The molecule has 5 aromatic heterocycles. The second kappa shape index (κ2) is 60.3. The molecular weight excluding hydrogens is 2600 g/mol. The number of hydrogen-bond donors (Lipinski definition) is 5. The molecule has 0 aliphatic rings. The van der Waals surface area contributed by atoms with E-state index in [1.165, 1.54) is 237 Å². The number of ketones is 5. The van der Waals surface area contributed by atoms with Crippen LogP contribution in [0.3, 0.4) is 0 Å². The summed E-state index contributed by atoms with van der Waals surface area (Å²) in [5.41, 5.74) is 31.7. The number of nitrogens with zero attached hydrogens (tertiary/aromatic N) is 5. The van der Waals surface area contributed by atoms with Crippen LogP contribution in [-0.4, -0.2) is 79.4 Å². The van der Waals surface area contributed by atoms with Crippen LogP contribution in [-0.2, 0) is 124 Å². The Morgan fingerprint density at radius 1 is 0.241 bits per heavy atom. The molecular formula is C117H124Ir5N5O10-5. The van der Waals surface area contributed by atoms with Crippen molar-refractivity contribution in [2.24, 2.45) is 0 Å². The van der Waals surface area contributed by atoms with Gasteiger partial charge in [-0.1, -0.05) is 204 Å². The Labute approximate surface area is 878 Å². The van der Waals surface area contributed by atoms with E-state index in [-0.39, 0.29) is 158 Å². The maximum Gasteiger partial charge on any atom is 0.155 e. The Balaban J connectivity index is 0.000000781. The molecule has 15 rings (SSSR count). The fourth-order valence-electron chi connectivity index (χ4n) is 14.3. The van der Waals surface area contributed by atoms with Gasteiger partial charge in [0.15, 0.2) is 28.9 Å². The number of carbonyl (C=O) groups excluding carboxylic acids is 5. The van der Waals surface area contributed by atoms with E-state index in [0.717, 1.165) is 67.4 Å². The zero-order chi connectivity index (χ0) is 98.1. The molecule has 0 amide bonds. The number of benzene rings is 10. The first-order valence-electron chi connectivity index (χ1n) is 43.4. The quantitative estimate of drug-likeness (QED) is 0.0485. The molecule has 0 saturated heterocycles. The number of aliphatic hydroxyl groups is 5. The number of aromatic nitrogens is 5. The Morgan fingerprint density at radius 3 is 0.832 bits per heavy atom. The predicted molar refractivity (Wildman–Crippen MR) is 546 cm³/mol. The van der Waals surface area contributed by atoms with Crippen LogP contribution in [0.2, 0.25) is 0 Å². The van der Waals surface area contributed by atoms with E-state index in [1.807, 2.05) is 43.1 Å². The molecule has 0 bridgehead atoms. The third kappa shape index (κ3) is 38.8. The van der Waals surface area contributed by atoms with Crippen LogP contribution >= 0.6 is 0 Å². The third-order valence-electron chi connectivity index (χ3n) is 20.8. The van der Waals surface area contributed by atoms with Gasteiger partial charge < -0.3 is 50.5 Å². The molecule has 5 heterocycles. The van der Waals surface area contributed by atoms with E-state index >= 15 is 0 Å². The zero-order valence-corrected chi connectivity index (χ0v) is 95.1. The molecule has 137 heavy (non-hydrogen) atoms. The Bertz CT molecular complexity index is 6670. The van der Waals surface area contributed by atoms with Crippen molar-refractivity contribution in [1.29, 1.82) is 0 Å². The van der Waals surface area contributed by atoms with Gasteiger partial charge >= 0.3 is 0 Å². The second-order valence-electron chi connectivity index (χ2n) is 33.1. The second-order valence-corrected chi connectivity index (χ2v) is 33.1. The van der Waals surface area contributed by atoms with E-state index in [4.69, 9.17) is 25.5 Å². The number of allylic oxidation sites excluding steroid dienone is 10. The number of fused-ring (bicyclic) bond motifs is 5. The first kappa shape index (κ1) is 124. The maximum absolute atomic E-state index is 10.0. The molecule has 0 atom stereocenters. The Kier molecular flexibility index (Phi) is 54.4. The van der Waals surface area contributed by atoms with Crippen LogP contribution in [0.15, 0.2) is 260 Å². The molecule has 5 radical (unpaired) electrons. The van der Waals surface area contributed by atoms with Gasteiger partial charge in [0, 0.05) is 162 Å². The fourth-order valence-corrected chi connectivity index (χ4v) is 14.3. The number of aliphatic hydroxyl groups excluding tert-OH is 5. The third-order valence-corrected chi connectivity index (χ3v) is 20.8. The number of hydrogen-bond acceptors (Lipinski definition) is 15. The molecule has 0 fully saturated rings. The van der Waals surface area contributed by atoms with Crippen molar-refractivity contribution < 1.29 is 150 Å². The summed E-state index contributed by atoms with van der Waals surface area (Å²) in [6.07, 6.45) is 15.6. The van der Waals surface area contributed by atoms with Crippen molar-refractivity contribution in [3.63, 3.8) is 0 Å². The van der Waals surface area contributed by atoms with Crippen molar-refractivity contribution >= 4 is 82.8 Å². The van der Waals surface area contributed by atoms with Crippen molar-refractivity contribution in [1.82, 2.24) is 24.9 Å². The Morgan fingerprint density at radius 2 is 0.526 bits per heavy atom. The van der Waals surface area contributed by atoms with Crippen LogP contribution in [0.1, 0.15) is 164 Å². The largest absolute Gasteiger partial charge is 0.512 e. The molecule has 0 aliphatic carbocycles. The van der Waals surface area contributed by atoms with Crippen LogP contribution in [0.5, 0.6) is 0 Å². The van der Waals surface area contributed by atoms with Crippen molar-refractivity contribution in [2.45, 2.75) is 187 Å². The van der Waals surface area contributed by atoms with E-state index in [2.05, 4.69) is 331 Å². The van der Waals surface area contributed by atoms with E-state index < -0.39 is 0 Å². The minimum atomic E-state index is -0.125. The molecule has 15 nitrogen and oxygen atoms in total. The van der Waals surface area contributed by atoms with Crippen LogP contribution in [0.25, 0.3) is 110 Å². The molecule has 727 valence electrons. The molecule has 0 aliphatic heterocycles. The average Bonchev–Trinajstić information content (AvgIpc) is 0.767. The van der Waals surface area contributed by atoms with Crippen LogP contribution in [0.4, 0.5) is 0 Å². The standard InChI is InChI=1S/2C19H18N.3C18H16N.5C5H8O2.5Ir/c1-12-9-13(2)15(4)18(10-12)19-17-8-6-5-7-16(17)14(3)11-20-19;1-12-9-10-17(15(4)14(12)3)19-18-8-6-5-7-16(18)13(2)11-20-19;1-12-8-13(2)10-15(9-12)18-17-7-5-4-6-16(17)14(3)11-19-18;1-12-8-9-15(10-13(12)2)18-17-7-5-4-6-16(17)14(3)11-19-18;1-12-8-9-16(13(2)10-12)18-17-7-5-4-6-15(17)14(3)11-19-18;5*1-4(6)3-5(2)7;;;;;/h2*5-9,11H,1-4H3;4-9,11H,1-3H3;2*4-8,10-11H,1-3H3;5*3,6H,1-2H3;;;;;/q5*-1;;;;;;;;;;. The fraction of sp³-hybridized carbons (Fsp3) is 0.231. The van der Waals surface area contributed by atoms with Gasteiger partial charge in [0.2, 0.25) is 0 Å². The monoisotopic (exact) mass is 2720 g/mol. The van der Waals surface area contributed by atoms with E-state index in [1.54, 1.807) is 0 Å². The van der Waals surface area contributed by atoms with Crippen molar-refractivity contribution in [2.75, 3.05) is 0 Å². The summed E-state index contributed by atoms with van der Waals surface area (Å²) in [7, 11) is 0. The molecule has 15 aromatic rings. The number of carbonyl (C=O) groups is 5. The van der Waals surface area contributed by atoms with Crippen molar-refractivity contribution in [3.05, 3.63) is 385 Å². The van der Waals surface area contributed by atoms with Gasteiger partial charge in [-0.15, -0.1) is 173 Å². The summed E-state index contributed by atoms with van der Waals surface area (Å²) in [5.74, 6) is -0.312. The van der Waals surface area contributed by atoms with Gasteiger partial charge in [0.05, 0.1) is 28.8 Å². The molecule has 20 heteroatoms. The van der Waals surface area contributed by atoms with Gasteiger partial charge in [-0.05, 0) is 214 Å². The molecule has 0 saturated carbocycles. The van der Waals surface area contributed by atoms with Crippen LogP contribution < -0.4 is 0 Å². The van der Waals surface area contributed by atoms with Crippen molar-refractivity contribution in [3.8, 4) is 56.3 Å². The number of pyridine rings is 5. The van der Waals surface area contributed by atoms with Gasteiger partial charge in [-0.3, -0.25) is 24.0 Å². The van der Waals surface area contributed by atoms with Gasteiger partial charge in [-0.2, -0.15) is 0 Å². The zero-order valence-electron chi connectivity index (χ0n) is 83.1.